The summed E-state index contributed by atoms with van der Waals surface area (Å²) >= 11 is 3.44. The Hall–Kier alpha value is -3.95. The molecule has 9 heteroatoms. The number of rotatable bonds is 14. The van der Waals surface area contributed by atoms with Gasteiger partial charge in [0.05, 0.1) is 10.6 Å². The van der Waals surface area contributed by atoms with E-state index in [1.165, 1.54) is 4.90 Å². The van der Waals surface area contributed by atoms with Crippen LogP contribution in [0.4, 0.5) is 5.69 Å². The third-order valence-corrected chi connectivity index (χ3v) is 9.56. The number of aryl methyl sites for hydroxylation is 1. The van der Waals surface area contributed by atoms with Crippen LogP contribution in [-0.4, -0.2) is 44.3 Å². The first-order valence-electron chi connectivity index (χ1n) is 14.7. The second-order valence-electron chi connectivity index (χ2n) is 10.7. The number of sulfonamides is 1. The van der Waals surface area contributed by atoms with Crippen molar-refractivity contribution in [2.24, 2.45) is 0 Å². The van der Waals surface area contributed by atoms with Crippen molar-refractivity contribution in [1.82, 2.24) is 10.2 Å². The number of hydrogen-bond donors (Lipinski definition) is 1. The van der Waals surface area contributed by atoms with E-state index in [-0.39, 0.29) is 23.8 Å². The lowest BCUT2D eigenvalue weighted by Crippen LogP contribution is -2.53. The van der Waals surface area contributed by atoms with E-state index >= 15 is 0 Å². The summed E-state index contributed by atoms with van der Waals surface area (Å²) in [7, 11) is -4.15. The van der Waals surface area contributed by atoms with Crippen LogP contribution >= 0.6 is 15.9 Å². The molecule has 7 nitrogen and oxygen atoms in total. The van der Waals surface area contributed by atoms with E-state index in [2.05, 4.69) is 21.2 Å². The summed E-state index contributed by atoms with van der Waals surface area (Å²) in [6, 6.07) is 31.5. The highest BCUT2D eigenvalue weighted by Crippen LogP contribution is 2.27. The molecule has 4 aromatic rings. The van der Waals surface area contributed by atoms with Crippen molar-refractivity contribution >= 4 is 43.5 Å². The molecule has 4 aromatic carbocycles. The molecule has 0 spiro atoms. The van der Waals surface area contributed by atoms with Gasteiger partial charge in [0.25, 0.3) is 10.0 Å². The molecular formula is C35H38BrN3O4S. The number of benzene rings is 4. The first kappa shape index (κ1) is 33.0. The minimum absolute atomic E-state index is 0.0728. The fourth-order valence-electron chi connectivity index (χ4n) is 4.84. The molecule has 0 saturated carbocycles. The Bertz CT molecular complexity index is 1630. The number of hydrogen-bond acceptors (Lipinski definition) is 4. The molecule has 0 aromatic heterocycles. The van der Waals surface area contributed by atoms with Crippen LogP contribution in [0.1, 0.15) is 36.5 Å². The molecule has 0 radical (unpaired) electrons. The molecule has 0 aliphatic carbocycles. The minimum Gasteiger partial charge on any atom is -0.354 e. The average Bonchev–Trinajstić information content (AvgIpc) is 3.02. The van der Waals surface area contributed by atoms with Crippen molar-refractivity contribution in [1.29, 1.82) is 0 Å². The maximum absolute atomic E-state index is 14.4. The van der Waals surface area contributed by atoms with Gasteiger partial charge in [-0.25, -0.2) is 8.42 Å². The molecule has 0 aliphatic rings. The summed E-state index contributed by atoms with van der Waals surface area (Å²) < 4.78 is 30.0. The van der Waals surface area contributed by atoms with Crippen LogP contribution in [0.15, 0.2) is 119 Å². The molecule has 0 bridgehead atoms. The predicted octanol–water partition coefficient (Wildman–Crippen LogP) is 6.51. The minimum atomic E-state index is -4.15. The number of halogens is 1. The van der Waals surface area contributed by atoms with Gasteiger partial charge in [-0.2, -0.15) is 0 Å². The lowest BCUT2D eigenvalue weighted by atomic mass is 10.0. The van der Waals surface area contributed by atoms with Crippen molar-refractivity contribution in [3.63, 3.8) is 0 Å². The third kappa shape index (κ3) is 8.80. The molecule has 2 amide bonds. The van der Waals surface area contributed by atoms with E-state index in [1.807, 2.05) is 74.5 Å². The topological polar surface area (TPSA) is 86.8 Å². The highest BCUT2D eigenvalue weighted by atomic mass is 79.9. The van der Waals surface area contributed by atoms with Crippen LogP contribution in [0, 0.1) is 6.92 Å². The van der Waals surface area contributed by atoms with Crippen molar-refractivity contribution < 1.29 is 18.0 Å². The van der Waals surface area contributed by atoms with E-state index in [0.29, 0.717) is 16.7 Å². The fourth-order valence-corrected chi connectivity index (χ4v) is 6.63. The van der Waals surface area contributed by atoms with Gasteiger partial charge in [-0.3, -0.25) is 13.9 Å². The molecule has 0 aliphatic heterocycles. The fraction of sp³-hybridized carbons (Fsp3) is 0.257. The Labute approximate surface area is 269 Å². The van der Waals surface area contributed by atoms with Crippen molar-refractivity contribution in [3.8, 4) is 0 Å². The first-order valence-corrected chi connectivity index (χ1v) is 16.9. The quantitative estimate of drug-likeness (QED) is 0.154. The molecule has 0 fully saturated rings. The second kappa shape index (κ2) is 15.7. The van der Waals surface area contributed by atoms with Gasteiger partial charge in [0.2, 0.25) is 11.8 Å². The van der Waals surface area contributed by atoms with Gasteiger partial charge in [0.1, 0.15) is 12.6 Å². The number of nitrogens with zero attached hydrogens (tertiary/aromatic N) is 2. The predicted molar refractivity (Wildman–Crippen MR) is 179 cm³/mol. The molecule has 0 saturated heterocycles. The van der Waals surface area contributed by atoms with Crippen LogP contribution < -0.4 is 9.62 Å². The van der Waals surface area contributed by atoms with Gasteiger partial charge < -0.3 is 10.2 Å². The maximum atomic E-state index is 14.4. The van der Waals surface area contributed by atoms with E-state index in [1.54, 1.807) is 48.5 Å². The molecule has 230 valence electrons. The van der Waals surface area contributed by atoms with Crippen LogP contribution in [-0.2, 0) is 32.6 Å². The largest absolute Gasteiger partial charge is 0.354 e. The number of nitrogens with one attached hydrogen (secondary N) is 1. The Morgan fingerprint density at radius 2 is 1.48 bits per heavy atom. The lowest BCUT2D eigenvalue weighted by molar-refractivity contribution is -0.140. The Morgan fingerprint density at radius 1 is 0.841 bits per heavy atom. The highest BCUT2D eigenvalue weighted by Gasteiger charge is 2.34. The molecule has 1 atom stereocenters. The smallest absolute Gasteiger partial charge is 0.264 e. The summed E-state index contributed by atoms with van der Waals surface area (Å²) in [4.78, 5) is 29.8. The Morgan fingerprint density at radius 3 is 2.09 bits per heavy atom. The molecule has 0 heterocycles. The number of carbonyl (C=O) groups excluding carboxylic acids is 2. The zero-order valence-electron chi connectivity index (χ0n) is 25.0. The number of unbranched alkanes of at least 4 members (excludes halogenated alkanes) is 1. The van der Waals surface area contributed by atoms with E-state index < -0.39 is 28.5 Å². The van der Waals surface area contributed by atoms with Gasteiger partial charge in [-0.05, 0) is 54.8 Å². The van der Waals surface area contributed by atoms with Crippen LogP contribution in [0.25, 0.3) is 0 Å². The van der Waals surface area contributed by atoms with E-state index in [4.69, 9.17) is 0 Å². The third-order valence-electron chi connectivity index (χ3n) is 7.28. The van der Waals surface area contributed by atoms with Crippen LogP contribution in [0.3, 0.4) is 0 Å². The standard InChI is InChI=1S/C35H38BrN3O4S/c1-3-4-22-37-35(41)33(23-28-12-7-5-8-13-28)38(25-29-14-9-6-10-15-29)34(40)26-39(31-17-11-16-30(36)24-31)44(42,43)32-20-18-27(2)19-21-32/h5-21,24,33H,3-4,22-23,25-26H2,1-2H3,(H,37,41)/t33-/m0/s1. The Balaban J connectivity index is 1.77. The van der Waals surface area contributed by atoms with Crippen LogP contribution in [0.5, 0.6) is 0 Å². The van der Waals surface area contributed by atoms with Crippen molar-refractivity contribution in [2.75, 3.05) is 17.4 Å². The average molecular weight is 677 g/mol. The monoisotopic (exact) mass is 675 g/mol. The van der Waals surface area contributed by atoms with Gasteiger partial charge in [0.15, 0.2) is 0 Å². The molecule has 4 rings (SSSR count). The summed E-state index contributed by atoms with van der Waals surface area (Å²) in [5, 5.41) is 3.01. The second-order valence-corrected chi connectivity index (χ2v) is 13.4. The van der Waals surface area contributed by atoms with Crippen molar-refractivity contribution in [2.45, 2.75) is 50.6 Å². The number of carbonyl (C=O) groups is 2. The highest BCUT2D eigenvalue weighted by molar-refractivity contribution is 9.10. The van der Waals surface area contributed by atoms with Gasteiger partial charge >= 0.3 is 0 Å². The number of amides is 2. The first-order chi connectivity index (χ1) is 21.2. The summed E-state index contributed by atoms with van der Waals surface area (Å²) in [6.45, 7) is 4.05. The lowest BCUT2D eigenvalue weighted by Gasteiger charge is -2.34. The molecule has 44 heavy (non-hydrogen) atoms. The van der Waals surface area contributed by atoms with Gasteiger partial charge in [-0.15, -0.1) is 0 Å². The number of anilines is 1. The Kier molecular flexibility index (Phi) is 11.7. The van der Waals surface area contributed by atoms with Gasteiger partial charge in [0, 0.05) is 24.0 Å². The summed E-state index contributed by atoms with van der Waals surface area (Å²) in [5.41, 5.74) is 2.97. The summed E-state index contributed by atoms with van der Waals surface area (Å²) in [5.74, 6) is -0.766. The van der Waals surface area contributed by atoms with Gasteiger partial charge in [-0.1, -0.05) is 114 Å². The van der Waals surface area contributed by atoms with E-state index in [9.17, 15) is 18.0 Å². The normalized spacial score (nSPS) is 11.9. The SMILES string of the molecule is CCCCNC(=O)[C@H](Cc1ccccc1)N(Cc1ccccc1)C(=O)CN(c1cccc(Br)c1)S(=O)(=O)c1ccc(C)cc1. The van der Waals surface area contributed by atoms with E-state index in [0.717, 1.165) is 33.8 Å². The van der Waals surface area contributed by atoms with Crippen molar-refractivity contribution in [3.05, 3.63) is 130 Å². The zero-order valence-corrected chi connectivity index (χ0v) is 27.4. The molecular weight excluding hydrogens is 638 g/mol. The molecule has 0 unspecified atom stereocenters. The summed E-state index contributed by atoms with van der Waals surface area (Å²) in [6.07, 6.45) is 2.00. The molecule has 1 N–H and O–H groups in total. The van der Waals surface area contributed by atoms with Crippen LogP contribution in [0.2, 0.25) is 0 Å². The maximum Gasteiger partial charge on any atom is 0.264 e. The zero-order chi connectivity index (χ0) is 31.5.